The Balaban J connectivity index is 2.95. The SMILES string of the molecule is C#CCN(C)S(=O)(=O)c1cnn(CCO)c1. The minimum Gasteiger partial charge on any atom is -0.394 e. The molecule has 1 N–H and O–H groups in total. The zero-order chi connectivity index (χ0) is 12.2. The highest BCUT2D eigenvalue weighted by Gasteiger charge is 2.21. The molecule has 7 heteroatoms. The van der Waals surface area contributed by atoms with Crippen LogP contribution in [-0.2, 0) is 16.6 Å². The van der Waals surface area contributed by atoms with Crippen LogP contribution in [0.25, 0.3) is 0 Å². The zero-order valence-electron chi connectivity index (χ0n) is 8.87. The van der Waals surface area contributed by atoms with Crippen molar-refractivity contribution >= 4 is 10.0 Å². The normalized spacial score (nSPS) is 11.6. The number of hydrogen-bond donors (Lipinski definition) is 1. The lowest BCUT2D eigenvalue weighted by Crippen LogP contribution is -2.26. The number of hydrogen-bond acceptors (Lipinski definition) is 4. The third kappa shape index (κ3) is 2.61. The number of aliphatic hydroxyl groups excluding tert-OH is 1. The largest absolute Gasteiger partial charge is 0.394 e. The van der Waals surface area contributed by atoms with Gasteiger partial charge in [-0.15, -0.1) is 6.42 Å². The Bertz CT molecular complexity index is 486. The topological polar surface area (TPSA) is 75.4 Å². The number of aliphatic hydroxyl groups is 1. The Hall–Kier alpha value is -1.36. The van der Waals surface area contributed by atoms with Crippen LogP contribution in [-0.4, -0.2) is 47.8 Å². The first-order valence-electron chi connectivity index (χ1n) is 4.55. The second-order valence-electron chi connectivity index (χ2n) is 3.13. The molecule has 0 amide bonds. The van der Waals surface area contributed by atoms with E-state index in [9.17, 15) is 8.42 Å². The van der Waals surface area contributed by atoms with Crippen LogP contribution in [0.5, 0.6) is 0 Å². The van der Waals surface area contributed by atoms with Gasteiger partial charge >= 0.3 is 0 Å². The van der Waals surface area contributed by atoms with E-state index in [1.54, 1.807) is 0 Å². The Morgan fingerprint density at radius 3 is 2.94 bits per heavy atom. The predicted octanol–water partition coefficient (Wildman–Crippen LogP) is -0.871. The zero-order valence-corrected chi connectivity index (χ0v) is 9.68. The van der Waals surface area contributed by atoms with Crippen LogP contribution in [0.1, 0.15) is 0 Å². The Morgan fingerprint density at radius 1 is 1.69 bits per heavy atom. The molecule has 0 aliphatic carbocycles. The van der Waals surface area contributed by atoms with Crippen molar-refractivity contribution in [1.82, 2.24) is 14.1 Å². The molecule has 0 unspecified atom stereocenters. The summed E-state index contributed by atoms with van der Waals surface area (Å²) in [5, 5.41) is 12.5. The summed E-state index contributed by atoms with van der Waals surface area (Å²) in [5.74, 6) is 2.25. The lowest BCUT2D eigenvalue weighted by molar-refractivity contribution is 0.269. The molecule has 6 nitrogen and oxygen atoms in total. The molecule has 1 aromatic heterocycles. The molecule has 1 rings (SSSR count). The summed E-state index contributed by atoms with van der Waals surface area (Å²) in [6, 6.07) is 0. The number of sulfonamides is 1. The number of nitrogens with zero attached hydrogens (tertiary/aromatic N) is 3. The Kier molecular flexibility index (Phi) is 4.06. The molecule has 0 saturated carbocycles. The van der Waals surface area contributed by atoms with E-state index in [4.69, 9.17) is 11.5 Å². The van der Waals surface area contributed by atoms with Crippen LogP contribution in [0.15, 0.2) is 17.3 Å². The maximum absolute atomic E-state index is 11.9. The molecule has 0 spiro atoms. The van der Waals surface area contributed by atoms with Gasteiger partial charge in [-0.1, -0.05) is 5.92 Å². The van der Waals surface area contributed by atoms with Crippen molar-refractivity contribution in [2.45, 2.75) is 11.4 Å². The third-order valence-corrected chi connectivity index (χ3v) is 3.72. The molecule has 0 aliphatic heterocycles. The van der Waals surface area contributed by atoms with Gasteiger partial charge in [0.15, 0.2) is 0 Å². The highest BCUT2D eigenvalue weighted by molar-refractivity contribution is 7.89. The van der Waals surface area contributed by atoms with Crippen molar-refractivity contribution in [1.29, 1.82) is 0 Å². The van der Waals surface area contributed by atoms with Crippen molar-refractivity contribution in [3.05, 3.63) is 12.4 Å². The number of aromatic nitrogens is 2. The predicted molar refractivity (Wildman–Crippen MR) is 58.0 cm³/mol. The maximum Gasteiger partial charge on any atom is 0.246 e. The molecular weight excluding hydrogens is 230 g/mol. The van der Waals surface area contributed by atoms with Crippen molar-refractivity contribution in [3.63, 3.8) is 0 Å². The van der Waals surface area contributed by atoms with E-state index in [1.165, 1.54) is 24.1 Å². The van der Waals surface area contributed by atoms with Crippen molar-refractivity contribution in [2.75, 3.05) is 20.2 Å². The quantitative estimate of drug-likeness (QED) is 0.682. The molecule has 1 heterocycles. The van der Waals surface area contributed by atoms with E-state index in [0.29, 0.717) is 0 Å². The molecule has 0 radical (unpaired) electrons. The first kappa shape index (κ1) is 12.7. The lowest BCUT2D eigenvalue weighted by atomic mass is 10.7. The minimum absolute atomic E-state index is 0.00745. The van der Waals surface area contributed by atoms with Crippen molar-refractivity contribution < 1.29 is 13.5 Å². The van der Waals surface area contributed by atoms with Gasteiger partial charge in [0.05, 0.1) is 25.9 Å². The van der Waals surface area contributed by atoms with Gasteiger partial charge in [0.1, 0.15) is 4.90 Å². The van der Waals surface area contributed by atoms with Gasteiger partial charge in [-0.05, 0) is 0 Å². The van der Waals surface area contributed by atoms with Gasteiger partial charge in [0, 0.05) is 13.2 Å². The summed E-state index contributed by atoms with van der Waals surface area (Å²) >= 11 is 0. The van der Waals surface area contributed by atoms with Crippen molar-refractivity contribution in [3.8, 4) is 12.3 Å². The van der Waals surface area contributed by atoms with Crippen molar-refractivity contribution in [2.24, 2.45) is 0 Å². The van der Waals surface area contributed by atoms with E-state index in [-0.39, 0.29) is 24.6 Å². The highest BCUT2D eigenvalue weighted by Crippen LogP contribution is 2.12. The van der Waals surface area contributed by atoms with E-state index < -0.39 is 10.0 Å². The smallest absolute Gasteiger partial charge is 0.246 e. The van der Waals surface area contributed by atoms with Crippen LogP contribution in [0, 0.1) is 12.3 Å². The van der Waals surface area contributed by atoms with Crippen LogP contribution < -0.4 is 0 Å². The second-order valence-corrected chi connectivity index (χ2v) is 5.17. The lowest BCUT2D eigenvalue weighted by Gasteiger charge is -2.11. The fourth-order valence-corrected chi connectivity index (χ4v) is 2.14. The molecule has 88 valence electrons. The fourth-order valence-electron chi connectivity index (χ4n) is 1.10. The number of rotatable bonds is 5. The van der Waals surface area contributed by atoms with Crippen LogP contribution in [0.2, 0.25) is 0 Å². The average Bonchev–Trinajstić information content (AvgIpc) is 2.68. The number of terminal acetylenes is 1. The Morgan fingerprint density at radius 2 is 2.38 bits per heavy atom. The van der Waals surface area contributed by atoms with E-state index in [1.807, 2.05) is 0 Å². The van der Waals surface area contributed by atoms with E-state index >= 15 is 0 Å². The standard InChI is InChI=1S/C9H13N3O3S/c1-3-4-11(2)16(14,15)9-7-10-12(8-9)5-6-13/h1,7-8,13H,4-6H2,2H3. The summed E-state index contributed by atoms with van der Waals surface area (Å²) in [7, 11) is -2.17. The molecule has 0 aliphatic rings. The molecule has 0 atom stereocenters. The second kappa shape index (κ2) is 5.12. The summed E-state index contributed by atoms with van der Waals surface area (Å²) in [6.07, 6.45) is 7.64. The summed E-state index contributed by atoms with van der Waals surface area (Å²) in [6.45, 7) is 0.170. The highest BCUT2D eigenvalue weighted by atomic mass is 32.2. The van der Waals surface area contributed by atoms with Gasteiger partial charge in [0.2, 0.25) is 10.0 Å². The Labute approximate surface area is 94.5 Å². The molecule has 0 saturated heterocycles. The van der Waals surface area contributed by atoms with Gasteiger partial charge in [-0.2, -0.15) is 9.40 Å². The molecule has 0 aromatic carbocycles. The van der Waals surface area contributed by atoms with Gasteiger partial charge in [-0.3, -0.25) is 4.68 Å². The average molecular weight is 243 g/mol. The first-order chi connectivity index (χ1) is 7.52. The summed E-state index contributed by atoms with van der Waals surface area (Å²) in [5.41, 5.74) is 0. The van der Waals surface area contributed by atoms with Gasteiger partial charge < -0.3 is 5.11 Å². The van der Waals surface area contributed by atoms with Gasteiger partial charge in [-0.25, -0.2) is 8.42 Å². The summed E-state index contributed by atoms with van der Waals surface area (Å²) in [4.78, 5) is 0.0682. The fraction of sp³-hybridized carbons (Fsp3) is 0.444. The molecule has 16 heavy (non-hydrogen) atoms. The first-order valence-corrected chi connectivity index (χ1v) is 5.99. The molecular formula is C9H13N3O3S. The van der Waals surface area contributed by atoms with Crippen LogP contribution in [0.4, 0.5) is 0 Å². The van der Waals surface area contributed by atoms with Crippen LogP contribution in [0.3, 0.4) is 0 Å². The third-order valence-electron chi connectivity index (χ3n) is 1.96. The molecule has 1 aromatic rings. The summed E-state index contributed by atoms with van der Waals surface area (Å²) < 4.78 is 26.1. The molecule has 0 bridgehead atoms. The molecule has 0 fully saturated rings. The van der Waals surface area contributed by atoms with Crippen LogP contribution >= 0.6 is 0 Å². The van der Waals surface area contributed by atoms with E-state index in [2.05, 4.69) is 11.0 Å². The maximum atomic E-state index is 11.9. The minimum atomic E-state index is -3.57. The monoisotopic (exact) mass is 243 g/mol. The van der Waals surface area contributed by atoms with Gasteiger partial charge in [0.25, 0.3) is 0 Å². The van der Waals surface area contributed by atoms with E-state index in [0.717, 1.165) is 4.31 Å².